The maximum Gasteiger partial charge on any atom is 0.220 e. The van der Waals surface area contributed by atoms with Crippen molar-refractivity contribution >= 4 is 17.2 Å². The van der Waals surface area contributed by atoms with Crippen LogP contribution in [0.3, 0.4) is 0 Å². The van der Waals surface area contributed by atoms with Crippen LogP contribution in [0.1, 0.15) is 41.9 Å². The first-order chi connectivity index (χ1) is 9.15. The van der Waals surface area contributed by atoms with Gasteiger partial charge in [0.2, 0.25) is 5.91 Å². The Morgan fingerprint density at radius 3 is 2.95 bits per heavy atom. The van der Waals surface area contributed by atoms with Gasteiger partial charge in [-0.3, -0.25) is 4.79 Å². The van der Waals surface area contributed by atoms with Crippen LogP contribution in [0.2, 0.25) is 0 Å². The van der Waals surface area contributed by atoms with Crippen LogP contribution in [-0.2, 0) is 11.2 Å². The number of nitrogens with one attached hydrogen (secondary N) is 1. The van der Waals surface area contributed by atoms with Crippen molar-refractivity contribution in [1.82, 2.24) is 5.32 Å². The highest BCUT2D eigenvalue weighted by Gasteiger charge is 2.25. The first-order valence-corrected chi connectivity index (χ1v) is 7.97. The van der Waals surface area contributed by atoms with Crippen LogP contribution < -0.4 is 5.32 Å². The summed E-state index contributed by atoms with van der Waals surface area (Å²) in [6.45, 7) is 2.74. The van der Waals surface area contributed by atoms with Gasteiger partial charge in [0.05, 0.1) is 6.10 Å². The molecule has 1 aliphatic carbocycles. The molecule has 106 valence electrons. The van der Waals surface area contributed by atoms with E-state index in [1.165, 1.54) is 9.75 Å². The minimum Gasteiger partial charge on any atom is -0.393 e. The molecule has 1 saturated carbocycles. The summed E-state index contributed by atoms with van der Waals surface area (Å²) < 4.78 is 0. The maximum atomic E-state index is 11.7. The van der Waals surface area contributed by atoms with Crippen LogP contribution in [-0.4, -0.2) is 23.7 Å². The van der Waals surface area contributed by atoms with Gasteiger partial charge in [-0.05, 0) is 44.7 Å². The third-order valence-electron chi connectivity index (χ3n) is 3.80. The zero-order valence-electron chi connectivity index (χ0n) is 11.5. The Morgan fingerprint density at radius 2 is 2.32 bits per heavy atom. The lowest BCUT2D eigenvalue weighted by Gasteiger charge is -2.14. The first kappa shape index (κ1) is 14.5. The molecule has 1 heterocycles. The number of rotatable bonds is 6. The van der Waals surface area contributed by atoms with Gasteiger partial charge in [0.1, 0.15) is 0 Å². The molecule has 4 heteroatoms. The topological polar surface area (TPSA) is 49.3 Å². The van der Waals surface area contributed by atoms with E-state index in [4.69, 9.17) is 0 Å². The van der Waals surface area contributed by atoms with Crippen molar-refractivity contribution in [3.8, 4) is 0 Å². The van der Waals surface area contributed by atoms with Crippen molar-refractivity contribution in [3.05, 3.63) is 21.9 Å². The number of hydrogen-bond acceptors (Lipinski definition) is 3. The van der Waals surface area contributed by atoms with E-state index >= 15 is 0 Å². The van der Waals surface area contributed by atoms with Crippen LogP contribution in [0.4, 0.5) is 0 Å². The van der Waals surface area contributed by atoms with Crippen LogP contribution in [0.25, 0.3) is 0 Å². The van der Waals surface area contributed by atoms with E-state index in [0.717, 1.165) is 32.1 Å². The number of carbonyl (C=O) groups is 1. The molecule has 0 bridgehead atoms. The summed E-state index contributed by atoms with van der Waals surface area (Å²) in [6.07, 6.45) is 5.26. The van der Waals surface area contributed by atoms with Gasteiger partial charge in [0, 0.05) is 28.6 Å². The predicted molar refractivity (Wildman–Crippen MR) is 78.4 cm³/mol. The van der Waals surface area contributed by atoms with Gasteiger partial charge >= 0.3 is 0 Å². The fraction of sp³-hybridized carbons (Fsp3) is 0.667. The second-order valence-corrected chi connectivity index (χ2v) is 6.80. The zero-order valence-corrected chi connectivity index (χ0v) is 12.3. The maximum absolute atomic E-state index is 11.7. The zero-order chi connectivity index (χ0) is 13.7. The predicted octanol–water partition coefficient (Wildman–Crippen LogP) is 2.66. The molecule has 1 amide bonds. The number of hydrogen-bond donors (Lipinski definition) is 2. The van der Waals surface area contributed by atoms with E-state index in [1.807, 2.05) is 11.3 Å². The molecule has 1 aromatic rings. The van der Waals surface area contributed by atoms with E-state index < -0.39 is 0 Å². The molecule has 0 radical (unpaired) electrons. The number of carbonyl (C=O) groups excluding carboxylic acids is 1. The minimum atomic E-state index is -0.214. The average molecular weight is 281 g/mol. The summed E-state index contributed by atoms with van der Waals surface area (Å²) in [5.74, 6) is 0.385. The molecule has 1 fully saturated rings. The first-order valence-electron chi connectivity index (χ1n) is 7.15. The van der Waals surface area contributed by atoms with E-state index in [1.54, 1.807) is 0 Å². The summed E-state index contributed by atoms with van der Waals surface area (Å²) in [7, 11) is 0. The molecule has 19 heavy (non-hydrogen) atoms. The summed E-state index contributed by atoms with van der Waals surface area (Å²) in [5.41, 5.74) is 0. The SMILES string of the molecule is Cc1ccc(CCCC(=O)NCC2CCCC2O)s1. The third kappa shape index (κ3) is 4.62. The van der Waals surface area contributed by atoms with Gasteiger partial charge in [-0.25, -0.2) is 0 Å². The van der Waals surface area contributed by atoms with Crippen LogP contribution in [0.15, 0.2) is 12.1 Å². The van der Waals surface area contributed by atoms with Gasteiger partial charge in [0.15, 0.2) is 0 Å². The van der Waals surface area contributed by atoms with Crippen LogP contribution in [0.5, 0.6) is 0 Å². The number of aliphatic hydroxyl groups is 1. The highest BCUT2D eigenvalue weighted by molar-refractivity contribution is 7.11. The Morgan fingerprint density at radius 1 is 1.47 bits per heavy atom. The Bertz CT molecular complexity index is 416. The van der Waals surface area contributed by atoms with Crippen LogP contribution in [0, 0.1) is 12.8 Å². The highest BCUT2D eigenvalue weighted by Crippen LogP contribution is 2.24. The van der Waals surface area contributed by atoms with Gasteiger partial charge in [-0.2, -0.15) is 0 Å². The monoisotopic (exact) mass is 281 g/mol. The molecule has 1 aliphatic rings. The largest absolute Gasteiger partial charge is 0.393 e. The molecule has 0 aliphatic heterocycles. The molecule has 2 N–H and O–H groups in total. The highest BCUT2D eigenvalue weighted by atomic mass is 32.1. The van der Waals surface area contributed by atoms with Crippen molar-refractivity contribution in [2.75, 3.05) is 6.54 Å². The molecule has 0 spiro atoms. The van der Waals surface area contributed by atoms with Gasteiger partial charge in [0.25, 0.3) is 0 Å². The van der Waals surface area contributed by atoms with Gasteiger partial charge in [-0.15, -0.1) is 11.3 Å². The van der Waals surface area contributed by atoms with Crippen molar-refractivity contribution in [1.29, 1.82) is 0 Å². The lowest BCUT2D eigenvalue weighted by atomic mass is 10.1. The van der Waals surface area contributed by atoms with Crippen molar-refractivity contribution < 1.29 is 9.90 Å². The lowest BCUT2D eigenvalue weighted by molar-refractivity contribution is -0.121. The summed E-state index contributed by atoms with van der Waals surface area (Å²) in [4.78, 5) is 14.4. The normalized spacial score (nSPS) is 22.6. The quantitative estimate of drug-likeness (QED) is 0.842. The Hall–Kier alpha value is -0.870. The summed E-state index contributed by atoms with van der Waals surface area (Å²) in [6, 6.07) is 4.27. The lowest BCUT2D eigenvalue weighted by Crippen LogP contribution is -2.32. The number of amides is 1. The van der Waals surface area contributed by atoms with Crippen LogP contribution >= 0.6 is 11.3 Å². The fourth-order valence-corrected chi connectivity index (χ4v) is 3.56. The molecular formula is C15H23NO2S. The smallest absolute Gasteiger partial charge is 0.220 e. The van der Waals surface area contributed by atoms with E-state index in [-0.39, 0.29) is 17.9 Å². The number of aliphatic hydroxyl groups excluding tert-OH is 1. The fourth-order valence-electron chi connectivity index (χ4n) is 2.63. The van der Waals surface area contributed by atoms with E-state index in [9.17, 15) is 9.90 Å². The summed E-state index contributed by atoms with van der Waals surface area (Å²) in [5, 5.41) is 12.6. The minimum absolute atomic E-state index is 0.118. The molecule has 0 aromatic carbocycles. The molecule has 2 unspecified atom stereocenters. The van der Waals surface area contributed by atoms with Crippen molar-refractivity contribution in [2.24, 2.45) is 5.92 Å². The molecule has 0 saturated heterocycles. The standard InChI is InChI=1S/C15H23NO2S/c1-11-8-9-13(19-11)5-3-7-15(18)16-10-12-4-2-6-14(12)17/h8-9,12,14,17H,2-7,10H2,1H3,(H,16,18). The molecule has 3 nitrogen and oxygen atoms in total. The molecule has 2 rings (SSSR count). The molecule has 2 atom stereocenters. The Labute approximate surface area is 119 Å². The summed E-state index contributed by atoms with van der Waals surface area (Å²) >= 11 is 1.81. The van der Waals surface area contributed by atoms with Crippen molar-refractivity contribution in [2.45, 2.75) is 51.6 Å². The number of aryl methyl sites for hydroxylation is 2. The molecular weight excluding hydrogens is 258 g/mol. The van der Waals surface area contributed by atoms with E-state index in [2.05, 4.69) is 24.4 Å². The van der Waals surface area contributed by atoms with Gasteiger partial charge < -0.3 is 10.4 Å². The number of thiophene rings is 1. The van der Waals surface area contributed by atoms with Gasteiger partial charge in [-0.1, -0.05) is 6.42 Å². The Kier molecular flexibility index (Phi) is 5.40. The average Bonchev–Trinajstić information content (AvgIpc) is 2.96. The second-order valence-electron chi connectivity index (χ2n) is 5.43. The second kappa shape index (κ2) is 7.06. The van der Waals surface area contributed by atoms with Crippen molar-refractivity contribution in [3.63, 3.8) is 0 Å². The third-order valence-corrected chi connectivity index (χ3v) is 4.86. The Balaban J connectivity index is 1.59. The molecule has 1 aromatic heterocycles. The van der Waals surface area contributed by atoms with E-state index in [0.29, 0.717) is 13.0 Å².